The fourth-order valence-corrected chi connectivity index (χ4v) is 7.38. The second kappa shape index (κ2) is 43.3. The summed E-state index contributed by atoms with van der Waals surface area (Å²) in [6, 6.07) is 0. The van der Waals surface area contributed by atoms with E-state index in [1.165, 1.54) is 154 Å². The molecular formula is C49H94N2O4. The van der Waals surface area contributed by atoms with Crippen LogP contribution in [-0.2, 0) is 19.1 Å². The van der Waals surface area contributed by atoms with Crippen molar-refractivity contribution in [2.45, 2.75) is 252 Å². The van der Waals surface area contributed by atoms with Crippen LogP contribution in [0.15, 0.2) is 18.0 Å². The molecule has 0 aromatic rings. The third kappa shape index (κ3) is 40.2. The molecule has 6 nitrogen and oxygen atoms in total. The van der Waals surface area contributed by atoms with Crippen molar-refractivity contribution >= 4 is 11.9 Å². The number of unbranched alkanes of at least 4 members (excludes halogenated alkanes) is 24. The van der Waals surface area contributed by atoms with Crippen LogP contribution in [-0.4, -0.2) is 55.7 Å². The first-order valence-electron chi connectivity index (χ1n) is 24.1. The Morgan fingerprint density at radius 1 is 0.527 bits per heavy atom. The summed E-state index contributed by atoms with van der Waals surface area (Å²) in [4.78, 5) is 27.5. The normalized spacial score (nSPS) is 11.3. The van der Waals surface area contributed by atoms with Crippen molar-refractivity contribution in [3.05, 3.63) is 18.0 Å². The van der Waals surface area contributed by atoms with Crippen LogP contribution in [0.3, 0.4) is 0 Å². The lowest BCUT2D eigenvalue weighted by atomic mass is 10.0. The first kappa shape index (κ1) is 53.2. The Hall–Kier alpha value is -1.78. The topological polar surface area (TPSA) is 67.9 Å². The highest BCUT2D eigenvalue weighted by Crippen LogP contribution is 2.19. The van der Waals surface area contributed by atoms with Gasteiger partial charge in [0.05, 0.1) is 6.61 Å². The standard InChI is InChI=1S/C49H94N2O4/c1-6-10-13-16-19-28-35-45-54-48(52)39-31-24-20-26-33-42-51(44-36-41-50-46(5)9-4)43-34-27-21-25-32-40-49(53)55-47(37-29-22-17-14-11-7-2)38-30-23-18-15-12-8-3/h47,50H,4,6-8,10-45H2,1-3,5H3. The zero-order valence-electron chi connectivity index (χ0n) is 37.4. The fourth-order valence-electron chi connectivity index (χ4n) is 7.38. The average Bonchev–Trinajstić information content (AvgIpc) is 3.18. The molecule has 6 heteroatoms. The number of allylic oxidation sites excluding steroid dienone is 1. The van der Waals surface area contributed by atoms with Gasteiger partial charge in [0, 0.05) is 25.1 Å². The van der Waals surface area contributed by atoms with Crippen molar-refractivity contribution in [3.63, 3.8) is 0 Å². The lowest BCUT2D eigenvalue weighted by Crippen LogP contribution is -2.29. The Kier molecular flexibility index (Phi) is 41.9. The predicted octanol–water partition coefficient (Wildman–Crippen LogP) is 14.3. The number of carbonyl (C=O) groups excluding carboxylic acids is 2. The van der Waals surface area contributed by atoms with Crippen molar-refractivity contribution < 1.29 is 19.1 Å². The van der Waals surface area contributed by atoms with Gasteiger partial charge in [-0.3, -0.25) is 9.59 Å². The molecule has 0 saturated heterocycles. The third-order valence-corrected chi connectivity index (χ3v) is 11.1. The number of nitrogens with one attached hydrogen (secondary N) is 1. The lowest BCUT2D eigenvalue weighted by Gasteiger charge is -2.22. The van der Waals surface area contributed by atoms with E-state index in [4.69, 9.17) is 9.47 Å². The van der Waals surface area contributed by atoms with Gasteiger partial charge in [-0.1, -0.05) is 169 Å². The van der Waals surface area contributed by atoms with E-state index in [-0.39, 0.29) is 18.0 Å². The van der Waals surface area contributed by atoms with E-state index in [0.717, 1.165) is 83.2 Å². The van der Waals surface area contributed by atoms with Crippen LogP contribution in [0, 0.1) is 0 Å². The van der Waals surface area contributed by atoms with E-state index < -0.39 is 0 Å². The van der Waals surface area contributed by atoms with Gasteiger partial charge in [-0.25, -0.2) is 0 Å². The van der Waals surface area contributed by atoms with E-state index in [2.05, 4.69) is 43.3 Å². The van der Waals surface area contributed by atoms with Gasteiger partial charge in [-0.15, -0.1) is 5.73 Å². The van der Waals surface area contributed by atoms with Gasteiger partial charge in [-0.05, 0) is 90.8 Å². The zero-order chi connectivity index (χ0) is 40.3. The number of hydrogen-bond donors (Lipinski definition) is 1. The van der Waals surface area contributed by atoms with Crippen LogP contribution in [0.1, 0.15) is 246 Å². The van der Waals surface area contributed by atoms with Crippen LogP contribution in [0.5, 0.6) is 0 Å². The van der Waals surface area contributed by atoms with Crippen molar-refractivity contribution in [1.29, 1.82) is 0 Å². The molecule has 0 bridgehead atoms. The molecule has 0 amide bonds. The highest BCUT2D eigenvalue weighted by molar-refractivity contribution is 5.69. The van der Waals surface area contributed by atoms with E-state index in [9.17, 15) is 9.59 Å². The van der Waals surface area contributed by atoms with Gasteiger partial charge in [0.1, 0.15) is 6.10 Å². The summed E-state index contributed by atoms with van der Waals surface area (Å²) in [5.41, 5.74) is 3.95. The molecule has 0 rings (SSSR count). The Balaban J connectivity index is 4.30. The monoisotopic (exact) mass is 775 g/mol. The van der Waals surface area contributed by atoms with Crippen molar-refractivity contribution in [3.8, 4) is 0 Å². The first-order chi connectivity index (χ1) is 27.0. The van der Waals surface area contributed by atoms with Gasteiger partial charge in [-0.2, -0.15) is 0 Å². The molecule has 0 aromatic heterocycles. The van der Waals surface area contributed by atoms with Crippen LogP contribution < -0.4 is 5.32 Å². The Morgan fingerprint density at radius 2 is 0.927 bits per heavy atom. The highest BCUT2D eigenvalue weighted by atomic mass is 16.5. The summed E-state index contributed by atoms with van der Waals surface area (Å²) in [6.07, 6.45) is 39.9. The fraction of sp³-hybridized carbons (Fsp3) is 0.898. The predicted molar refractivity (Wildman–Crippen MR) is 238 cm³/mol. The molecule has 0 spiro atoms. The maximum Gasteiger partial charge on any atom is 0.306 e. The minimum atomic E-state index is -0.0153. The third-order valence-electron chi connectivity index (χ3n) is 11.1. The second-order valence-corrected chi connectivity index (χ2v) is 16.5. The second-order valence-electron chi connectivity index (χ2n) is 16.5. The van der Waals surface area contributed by atoms with Gasteiger partial charge in [0.2, 0.25) is 0 Å². The van der Waals surface area contributed by atoms with Crippen LogP contribution in [0.2, 0.25) is 0 Å². The van der Waals surface area contributed by atoms with Crippen molar-refractivity contribution in [1.82, 2.24) is 10.2 Å². The highest BCUT2D eigenvalue weighted by Gasteiger charge is 2.14. The number of hydrogen-bond acceptors (Lipinski definition) is 6. The molecule has 0 fully saturated rings. The lowest BCUT2D eigenvalue weighted by molar-refractivity contribution is -0.150. The maximum absolute atomic E-state index is 12.8. The van der Waals surface area contributed by atoms with Crippen LogP contribution in [0.25, 0.3) is 0 Å². The zero-order valence-corrected chi connectivity index (χ0v) is 37.4. The van der Waals surface area contributed by atoms with E-state index >= 15 is 0 Å². The summed E-state index contributed by atoms with van der Waals surface area (Å²) >= 11 is 0. The van der Waals surface area contributed by atoms with Crippen LogP contribution in [0.4, 0.5) is 0 Å². The average molecular weight is 775 g/mol. The molecule has 0 unspecified atom stereocenters. The smallest absolute Gasteiger partial charge is 0.306 e. The molecule has 324 valence electrons. The maximum atomic E-state index is 12.8. The van der Waals surface area contributed by atoms with Gasteiger partial charge >= 0.3 is 11.9 Å². The molecule has 0 aliphatic rings. The molecule has 1 N–H and O–H groups in total. The van der Waals surface area contributed by atoms with Gasteiger partial charge < -0.3 is 19.7 Å². The summed E-state index contributed by atoms with van der Waals surface area (Å²) in [7, 11) is 0. The number of nitrogens with zero attached hydrogens (tertiary/aromatic N) is 1. The molecule has 0 atom stereocenters. The summed E-state index contributed by atoms with van der Waals surface area (Å²) in [5, 5.41) is 3.41. The Bertz CT molecular complexity index is 870. The number of rotatable bonds is 44. The molecule has 55 heavy (non-hydrogen) atoms. The molecule has 0 aliphatic carbocycles. The minimum Gasteiger partial charge on any atom is -0.466 e. The molecular weight excluding hydrogens is 681 g/mol. The van der Waals surface area contributed by atoms with E-state index in [1.54, 1.807) is 0 Å². The Labute approximate surface area is 343 Å². The van der Waals surface area contributed by atoms with E-state index in [1.807, 2.05) is 6.92 Å². The first-order valence-corrected chi connectivity index (χ1v) is 24.1. The number of ether oxygens (including phenoxy) is 2. The molecule has 0 radical (unpaired) electrons. The van der Waals surface area contributed by atoms with Gasteiger partial charge in [0.15, 0.2) is 0 Å². The molecule has 0 heterocycles. The van der Waals surface area contributed by atoms with Gasteiger partial charge in [0.25, 0.3) is 0 Å². The van der Waals surface area contributed by atoms with Crippen LogP contribution >= 0.6 is 0 Å². The molecule has 0 saturated carbocycles. The number of carbonyl (C=O) groups is 2. The van der Waals surface area contributed by atoms with Crippen molar-refractivity contribution in [2.75, 3.05) is 32.8 Å². The Morgan fingerprint density at radius 3 is 1.42 bits per heavy atom. The SMILES string of the molecule is C=C=C(C)NCCCN(CCCCCCCC(=O)OCCCCCCCCC)CCCCCCCC(=O)OC(CCCCCCCC)CCCCCCCC. The quantitative estimate of drug-likeness (QED) is 0.0378. The minimum absolute atomic E-state index is 0.0153. The van der Waals surface area contributed by atoms with E-state index in [0.29, 0.717) is 19.4 Å². The van der Waals surface area contributed by atoms with Crippen molar-refractivity contribution in [2.24, 2.45) is 0 Å². The number of esters is 2. The molecule has 0 aliphatic heterocycles. The summed E-state index contributed by atoms with van der Waals surface area (Å²) < 4.78 is 11.5. The summed E-state index contributed by atoms with van der Waals surface area (Å²) in [6.45, 7) is 17.5. The largest absolute Gasteiger partial charge is 0.466 e. The summed E-state index contributed by atoms with van der Waals surface area (Å²) in [5.74, 6) is 0.0144. The molecule has 0 aromatic carbocycles.